The van der Waals surface area contributed by atoms with Gasteiger partial charge in [-0.25, -0.2) is 4.79 Å². The van der Waals surface area contributed by atoms with Crippen molar-refractivity contribution in [3.8, 4) is 11.1 Å². The van der Waals surface area contributed by atoms with Gasteiger partial charge in [-0.15, -0.1) is 0 Å². The number of hydrogen-bond donors (Lipinski definition) is 4. The van der Waals surface area contributed by atoms with E-state index < -0.39 is 18.3 Å². The maximum absolute atomic E-state index is 12.2. The van der Waals surface area contributed by atoms with E-state index in [1.807, 2.05) is 24.3 Å². The number of fused-ring (bicyclic) bond motifs is 3. The van der Waals surface area contributed by atoms with E-state index in [2.05, 4.69) is 34.6 Å². The smallest absolute Gasteiger partial charge is 0.407 e. The first-order valence-corrected chi connectivity index (χ1v) is 10.2. The number of nitrogens with zero attached hydrogens (tertiary/aromatic N) is 1. The van der Waals surface area contributed by atoms with Crippen LogP contribution in [0, 0.1) is 0 Å². The largest absolute Gasteiger partial charge is 0.449 e. The molecule has 1 aliphatic rings. The van der Waals surface area contributed by atoms with Crippen molar-refractivity contribution in [3.05, 3.63) is 83.7 Å². The Bertz CT molecular complexity index is 1030. The van der Waals surface area contributed by atoms with Gasteiger partial charge in [0.1, 0.15) is 12.7 Å². The molecule has 4 rings (SSSR count). The molecule has 0 saturated carbocycles. The molecular weight excluding hydrogens is 394 g/mol. The fraction of sp³-hybridized carbons (Fsp3) is 0.250. The number of alkyl carbamates (subject to hydrolysis) is 1. The summed E-state index contributed by atoms with van der Waals surface area (Å²) in [6.07, 6.45) is -1.30. The van der Waals surface area contributed by atoms with Crippen molar-refractivity contribution < 1.29 is 19.7 Å². The van der Waals surface area contributed by atoms with Gasteiger partial charge in [0.15, 0.2) is 0 Å². The summed E-state index contributed by atoms with van der Waals surface area (Å²) in [5.74, 6) is -0.0160. The van der Waals surface area contributed by atoms with Crippen LogP contribution in [0.1, 0.15) is 35.3 Å². The second kappa shape index (κ2) is 9.16. The van der Waals surface area contributed by atoms with Gasteiger partial charge in [-0.3, -0.25) is 4.98 Å². The predicted octanol–water partition coefficient (Wildman–Crippen LogP) is 2.99. The number of pyridine rings is 1. The van der Waals surface area contributed by atoms with Crippen LogP contribution in [0.5, 0.6) is 0 Å². The van der Waals surface area contributed by atoms with Crippen LogP contribution in [0.2, 0.25) is 0 Å². The van der Waals surface area contributed by atoms with E-state index in [-0.39, 0.29) is 31.2 Å². The van der Waals surface area contributed by atoms with E-state index in [1.54, 1.807) is 12.1 Å². The van der Waals surface area contributed by atoms with Gasteiger partial charge in [-0.2, -0.15) is 0 Å². The zero-order valence-corrected chi connectivity index (χ0v) is 16.9. The summed E-state index contributed by atoms with van der Waals surface area (Å²) in [4.78, 5) is 16.2. The fourth-order valence-electron chi connectivity index (χ4n) is 3.99. The summed E-state index contributed by atoms with van der Waals surface area (Å²) in [7, 11) is 0. The van der Waals surface area contributed by atoms with E-state index >= 15 is 0 Å². The number of rotatable bonds is 7. The Morgan fingerprint density at radius 1 is 1.03 bits per heavy atom. The van der Waals surface area contributed by atoms with Crippen LogP contribution in [-0.4, -0.2) is 40.5 Å². The van der Waals surface area contributed by atoms with Crippen LogP contribution in [0.15, 0.2) is 66.9 Å². The molecule has 7 nitrogen and oxygen atoms in total. The Kier molecular flexibility index (Phi) is 6.16. The van der Waals surface area contributed by atoms with Crippen LogP contribution >= 0.6 is 0 Å². The lowest BCUT2D eigenvalue weighted by atomic mass is 9.98. The Labute approximate surface area is 180 Å². The summed E-state index contributed by atoms with van der Waals surface area (Å²) in [5, 5.41) is 23.0. The molecule has 0 aliphatic heterocycles. The van der Waals surface area contributed by atoms with Gasteiger partial charge in [0.2, 0.25) is 0 Å². The molecule has 0 spiro atoms. The first-order valence-electron chi connectivity index (χ1n) is 10.2. The highest BCUT2D eigenvalue weighted by Crippen LogP contribution is 2.44. The second-order valence-electron chi connectivity index (χ2n) is 7.53. The van der Waals surface area contributed by atoms with Crippen LogP contribution < -0.4 is 11.1 Å². The van der Waals surface area contributed by atoms with Gasteiger partial charge in [0.05, 0.1) is 17.5 Å². The van der Waals surface area contributed by atoms with Gasteiger partial charge < -0.3 is 26.0 Å². The van der Waals surface area contributed by atoms with E-state index in [4.69, 9.17) is 10.5 Å². The van der Waals surface area contributed by atoms with Crippen molar-refractivity contribution in [1.82, 2.24) is 10.3 Å². The third-order valence-electron chi connectivity index (χ3n) is 5.57. The predicted molar refractivity (Wildman–Crippen MR) is 117 cm³/mol. The highest BCUT2D eigenvalue weighted by atomic mass is 16.5. The number of anilines is 1. The minimum Gasteiger partial charge on any atom is -0.449 e. The topological polar surface area (TPSA) is 118 Å². The zero-order valence-electron chi connectivity index (χ0n) is 16.9. The molecule has 7 heteroatoms. The molecule has 2 atom stereocenters. The van der Waals surface area contributed by atoms with Gasteiger partial charge >= 0.3 is 6.09 Å². The first kappa shape index (κ1) is 20.8. The Balaban J connectivity index is 1.29. The highest BCUT2D eigenvalue weighted by Gasteiger charge is 2.29. The number of carbonyl (C=O) groups excluding carboxylic acids is 1. The number of aliphatic hydroxyl groups excluding tert-OH is 2. The normalized spacial score (nSPS) is 14.4. The summed E-state index contributed by atoms with van der Waals surface area (Å²) < 4.78 is 5.46. The molecular formula is C24H25N3O4. The molecule has 0 fully saturated rings. The van der Waals surface area contributed by atoms with E-state index in [1.165, 1.54) is 6.20 Å². The second-order valence-corrected chi connectivity index (χ2v) is 7.53. The first-order chi connectivity index (χ1) is 15.1. The Morgan fingerprint density at radius 2 is 1.68 bits per heavy atom. The SMILES string of the molecule is Nc1cccnc1C(O)C(O)CCNC(=O)OCC1c2ccccc2-c2ccccc21. The number of nitrogens with one attached hydrogen (secondary N) is 1. The van der Waals surface area contributed by atoms with Crippen LogP contribution in [-0.2, 0) is 4.74 Å². The standard InChI is InChI=1S/C24H25N3O4/c25-20-10-5-12-26-22(20)23(29)21(28)11-13-27-24(30)31-14-19-17-8-3-1-6-15(17)16-7-2-4-9-18(16)19/h1-10,12,19,21,23,28-29H,11,13-14,25H2,(H,27,30). The lowest BCUT2D eigenvalue weighted by Crippen LogP contribution is -2.31. The number of nitrogens with two attached hydrogens (primary N) is 1. The van der Waals surface area contributed by atoms with Crippen molar-refractivity contribution in [2.45, 2.75) is 24.5 Å². The summed E-state index contributed by atoms with van der Waals surface area (Å²) >= 11 is 0. The number of amides is 1. The third-order valence-corrected chi connectivity index (χ3v) is 5.57. The molecule has 0 radical (unpaired) electrons. The Hall–Kier alpha value is -3.42. The van der Waals surface area contributed by atoms with Crippen molar-refractivity contribution in [1.29, 1.82) is 0 Å². The zero-order chi connectivity index (χ0) is 21.8. The fourth-order valence-corrected chi connectivity index (χ4v) is 3.99. The highest BCUT2D eigenvalue weighted by molar-refractivity contribution is 5.79. The average Bonchev–Trinajstić information content (AvgIpc) is 3.11. The molecule has 3 aromatic rings. The number of aliphatic hydroxyl groups is 2. The maximum Gasteiger partial charge on any atom is 0.407 e. The summed E-state index contributed by atoms with van der Waals surface area (Å²) in [6, 6.07) is 19.5. The van der Waals surface area contributed by atoms with Gasteiger partial charge in [0, 0.05) is 18.7 Å². The number of benzene rings is 2. The van der Waals surface area contributed by atoms with Crippen molar-refractivity contribution in [2.75, 3.05) is 18.9 Å². The molecule has 1 amide bonds. The minimum atomic E-state index is -1.23. The quantitative estimate of drug-likeness (QED) is 0.468. The number of nitrogen functional groups attached to an aromatic ring is 1. The number of hydrogen-bond acceptors (Lipinski definition) is 6. The molecule has 1 heterocycles. The molecule has 0 bridgehead atoms. The Morgan fingerprint density at radius 3 is 2.32 bits per heavy atom. The van der Waals surface area contributed by atoms with Gasteiger partial charge in [-0.05, 0) is 40.8 Å². The summed E-state index contributed by atoms with van der Waals surface area (Å²) in [6.45, 7) is 0.358. The van der Waals surface area contributed by atoms with E-state index in [0.717, 1.165) is 22.3 Å². The van der Waals surface area contributed by atoms with E-state index in [9.17, 15) is 15.0 Å². The third kappa shape index (κ3) is 4.38. The van der Waals surface area contributed by atoms with Gasteiger partial charge in [-0.1, -0.05) is 48.5 Å². The molecule has 0 saturated heterocycles. The van der Waals surface area contributed by atoms with Crippen LogP contribution in [0.25, 0.3) is 11.1 Å². The number of ether oxygens (including phenoxy) is 1. The lowest BCUT2D eigenvalue weighted by Gasteiger charge is -2.19. The molecule has 1 aromatic heterocycles. The number of aromatic nitrogens is 1. The lowest BCUT2D eigenvalue weighted by molar-refractivity contribution is 0.0116. The molecule has 160 valence electrons. The molecule has 5 N–H and O–H groups in total. The van der Waals surface area contributed by atoms with E-state index in [0.29, 0.717) is 5.69 Å². The van der Waals surface area contributed by atoms with Gasteiger partial charge in [0.25, 0.3) is 0 Å². The molecule has 2 aromatic carbocycles. The summed E-state index contributed by atoms with van der Waals surface area (Å²) in [5.41, 5.74) is 10.9. The monoisotopic (exact) mass is 419 g/mol. The number of carbonyl (C=O) groups is 1. The van der Waals surface area contributed by atoms with Crippen LogP contribution in [0.4, 0.5) is 10.5 Å². The molecule has 1 aliphatic carbocycles. The van der Waals surface area contributed by atoms with Crippen LogP contribution in [0.3, 0.4) is 0 Å². The van der Waals surface area contributed by atoms with Crippen molar-refractivity contribution in [2.24, 2.45) is 0 Å². The van der Waals surface area contributed by atoms with Crippen molar-refractivity contribution >= 4 is 11.8 Å². The van der Waals surface area contributed by atoms with Crippen molar-refractivity contribution in [3.63, 3.8) is 0 Å². The average molecular weight is 419 g/mol. The molecule has 2 unspecified atom stereocenters. The molecule has 31 heavy (non-hydrogen) atoms. The maximum atomic E-state index is 12.2. The minimum absolute atomic E-state index is 0.0160.